The molecule has 14 heavy (non-hydrogen) atoms. The first kappa shape index (κ1) is 12.9. The van der Waals surface area contributed by atoms with Gasteiger partial charge in [0.05, 0.1) is 11.2 Å². The summed E-state index contributed by atoms with van der Waals surface area (Å²) < 4.78 is 18.8. The van der Waals surface area contributed by atoms with Crippen LogP contribution in [0.2, 0.25) is 0 Å². The second-order valence-corrected chi connectivity index (χ2v) is 5.32. The van der Waals surface area contributed by atoms with Crippen molar-refractivity contribution in [2.45, 2.75) is 0 Å². The van der Waals surface area contributed by atoms with Crippen LogP contribution in [0.25, 0.3) is 0 Å². The van der Waals surface area contributed by atoms with Gasteiger partial charge in [0.1, 0.15) is 0 Å². The Hall–Kier alpha value is -1.14. The van der Waals surface area contributed by atoms with E-state index in [2.05, 4.69) is 10.7 Å². The van der Waals surface area contributed by atoms with Gasteiger partial charge < -0.3 is 0 Å². The summed E-state index contributed by atoms with van der Waals surface area (Å²) in [5, 5.41) is 10.0. The summed E-state index contributed by atoms with van der Waals surface area (Å²) in [5.74, 6) is 0. The second kappa shape index (κ2) is 5.56. The topological polar surface area (TPSA) is 77.3 Å². The first-order chi connectivity index (χ1) is 6.30. The van der Waals surface area contributed by atoms with Gasteiger partial charge in [-0.05, 0) is 0 Å². The van der Waals surface area contributed by atoms with Crippen LogP contribution in [0, 0.1) is 10.1 Å². The minimum Gasteiger partial charge on any atom is -0.258 e. The van der Waals surface area contributed by atoms with E-state index >= 15 is 0 Å². The van der Waals surface area contributed by atoms with E-state index < -0.39 is 14.0 Å². The largest absolute Gasteiger partial charge is 0.269 e. The Morgan fingerprint density at radius 1 is 1.29 bits per heavy atom. The average Bonchev–Trinajstić information content (AvgIpc) is 2.03. The molecule has 7 heteroatoms. The van der Waals surface area contributed by atoms with Crippen molar-refractivity contribution in [1.82, 2.24) is 0 Å². The van der Waals surface area contributed by atoms with Gasteiger partial charge in [-0.15, -0.1) is 0 Å². The van der Waals surface area contributed by atoms with Crippen LogP contribution < -0.4 is 0 Å². The average molecular weight is 238 g/mol. The van der Waals surface area contributed by atoms with Crippen LogP contribution in [0.4, 0.5) is 5.69 Å². The van der Waals surface area contributed by atoms with Gasteiger partial charge in [0.2, 0.25) is 9.05 Å². The second-order valence-electron chi connectivity index (χ2n) is 2.27. The number of para-hydroxylation sites is 1. The van der Waals surface area contributed by atoms with E-state index in [4.69, 9.17) is 0 Å². The molecule has 0 saturated heterocycles. The standard InChI is InChI=1S/C6H5NO2.CH3ClO2S/c8-7(9)6-4-2-1-3-5-6;1-5(2,3)4/h1-5H;1H3. The molecule has 0 spiro atoms. The number of nitro benzene ring substituents is 1. The third kappa shape index (κ3) is 8.95. The lowest BCUT2D eigenvalue weighted by Gasteiger charge is -1.85. The van der Waals surface area contributed by atoms with Crippen LogP contribution in [0.5, 0.6) is 0 Å². The van der Waals surface area contributed by atoms with Crippen LogP contribution >= 0.6 is 10.7 Å². The highest BCUT2D eigenvalue weighted by Gasteiger charge is 1.98. The molecule has 0 fully saturated rings. The fraction of sp³-hybridized carbons (Fsp3) is 0.143. The Morgan fingerprint density at radius 3 is 1.86 bits per heavy atom. The Balaban J connectivity index is 0.000000292. The molecule has 0 N–H and O–H groups in total. The zero-order chi connectivity index (χ0) is 11.2. The zero-order valence-electron chi connectivity index (χ0n) is 7.25. The lowest BCUT2D eigenvalue weighted by molar-refractivity contribution is -0.384. The highest BCUT2D eigenvalue weighted by Crippen LogP contribution is 2.06. The number of halogens is 1. The van der Waals surface area contributed by atoms with Crippen molar-refractivity contribution in [3.63, 3.8) is 0 Å². The number of hydrogen-bond donors (Lipinski definition) is 0. The van der Waals surface area contributed by atoms with Crippen molar-refractivity contribution in [3.05, 3.63) is 40.4 Å². The molecule has 0 aromatic heterocycles. The van der Waals surface area contributed by atoms with E-state index in [-0.39, 0.29) is 5.69 Å². The molecule has 0 amide bonds. The third-order valence-corrected chi connectivity index (χ3v) is 0.967. The van der Waals surface area contributed by atoms with Crippen LogP contribution in [-0.2, 0) is 9.05 Å². The van der Waals surface area contributed by atoms with Crippen LogP contribution in [0.15, 0.2) is 30.3 Å². The number of nitro groups is 1. The van der Waals surface area contributed by atoms with E-state index in [0.717, 1.165) is 6.26 Å². The summed E-state index contributed by atoms with van der Waals surface area (Å²) in [7, 11) is 1.31. The van der Waals surface area contributed by atoms with Crippen LogP contribution in [-0.4, -0.2) is 19.6 Å². The van der Waals surface area contributed by atoms with Crippen molar-refractivity contribution in [1.29, 1.82) is 0 Å². The maximum absolute atomic E-state index is 10.0. The Morgan fingerprint density at radius 2 is 1.64 bits per heavy atom. The summed E-state index contributed by atoms with van der Waals surface area (Å²) in [5.41, 5.74) is 0.137. The van der Waals surface area contributed by atoms with Gasteiger partial charge in [-0.3, -0.25) is 10.1 Å². The normalized spacial score (nSPS) is 9.86. The predicted octanol–water partition coefficient (Wildman–Crippen LogP) is 1.78. The van der Waals surface area contributed by atoms with Crippen molar-refractivity contribution in [3.8, 4) is 0 Å². The first-order valence-electron chi connectivity index (χ1n) is 3.40. The summed E-state index contributed by atoms with van der Waals surface area (Å²) >= 11 is 0. The number of nitrogens with zero attached hydrogens (tertiary/aromatic N) is 1. The van der Waals surface area contributed by atoms with Gasteiger partial charge in [-0.1, -0.05) is 18.2 Å². The molecule has 0 bridgehead atoms. The van der Waals surface area contributed by atoms with Gasteiger partial charge in [-0.25, -0.2) is 8.42 Å². The number of benzene rings is 1. The lowest BCUT2D eigenvalue weighted by atomic mass is 10.3. The Bertz CT molecular complexity index is 381. The van der Waals surface area contributed by atoms with Crippen molar-refractivity contribution in [2.75, 3.05) is 6.26 Å². The molecule has 1 aromatic carbocycles. The van der Waals surface area contributed by atoms with Gasteiger partial charge in [0, 0.05) is 22.8 Å². The molecule has 0 heterocycles. The minimum atomic E-state index is -3.19. The quantitative estimate of drug-likeness (QED) is 0.424. The van der Waals surface area contributed by atoms with Crippen molar-refractivity contribution < 1.29 is 13.3 Å². The maximum Gasteiger partial charge on any atom is 0.269 e. The SMILES string of the molecule is CS(=O)(=O)Cl.O=[N+]([O-])c1ccccc1. The zero-order valence-corrected chi connectivity index (χ0v) is 8.83. The monoisotopic (exact) mass is 237 g/mol. The third-order valence-electron chi connectivity index (χ3n) is 0.967. The first-order valence-corrected chi connectivity index (χ1v) is 6.11. The van der Waals surface area contributed by atoms with Crippen LogP contribution in [0.1, 0.15) is 0 Å². The highest BCUT2D eigenvalue weighted by molar-refractivity contribution is 8.13. The molecule has 0 radical (unpaired) electrons. The molecular weight excluding hydrogens is 230 g/mol. The van der Waals surface area contributed by atoms with Crippen molar-refractivity contribution >= 4 is 25.4 Å². The van der Waals surface area contributed by atoms with E-state index in [1.165, 1.54) is 12.1 Å². The van der Waals surface area contributed by atoms with Crippen molar-refractivity contribution in [2.24, 2.45) is 0 Å². The predicted molar refractivity (Wildman–Crippen MR) is 53.8 cm³/mol. The van der Waals surface area contributed by atoms with E-state index in [1.807, 2.05) is 0 Å². The summed E-state index contributed by atoms with van der Waals surface area (Å²) in [6.45, 7) is 0. The molecule has 0 aliphatic carbocycles. The molecular formula is C7H8ClNO4S. The van der Waals surface area contributed by atoms with Gasteiger partial charge >= 0.3 is 0 Å². The summed E-state index contributed by atoms with van der Waals surface area (Å²) in [6, 6.07) is 7.93. The van der Waals surface area contributed by atoms with Gasteiger partial charge in [-0.2, -0.15) is 0 Å². The molecule has 0 aliphatic rings. The van der Waals surface area contributed by atoms with Gasteiger partial charge in [0.15, 0.2) is 0 Å². The van der Waals surface area contributed by atoms with Gasteiger partial charge in [0.25, 0.3) is 5.69 Å². The molecule has 0 atom stereocenters. The molecule has 0 aliphatic heterocycles. The molecule has 0 saturated carbocycles. The Labute approximate surface area is 85.9 Å². The molecule has 0 unspecified atom stereocenters. The van der Waals surface area contributed by atoms with Crippen LogP contribution in [0.3, 0.4) is 0 Å². The number of rotatable bonds is 1. The fourth-order valence-corrected chi connectivity index (χ4v) is 0.550. The van der Waals surface area contributed by atoms with E-state index in [1.54, 1.807) is 18.2 Å². The minimum absolute atomic E-state index is 0.137. The molecule has 78 valence electrons. The number of hydrogen-bond acceptors (Lipinski definition) is 4. The number of non-ortho nitro benzene ring substituents is 1. The lowest BCUT2D eigenvalue weighted by Crippen LogP contribution is -1.84. The fourth-order valence-electron chi connectivity index (χ4n) is 0.550. The molecule has 5 nitrogen and oxygen atoms in total. The summed E-state index contributed by atoms with van der Waals surface area (Å²) in [6.07, 6.45) is 0.925. The Kier molecular flexibility index (Phi) is 5.11. The summed E-state index contributed by atoms with van der Waals surface area (Å²) in [4.78, 5) is 9.59. The molecule has 1 aromatic rings. The van der Waals surface area contributed by atoms with E-state index in [9.17, 15) is 18.5 Å². The maximum atomic E-state index is 10.0. The smallest absolute Gasteiger partial charge is 0.258 e. The highest BCUT2D eigenvalue weighted by atomic mass is 35.7. The molecule has 1 rings (SSSR count). The van der Waals surface area contributed by atoms with E-state index in [0.29, 0.717) is 0 Å².